The van der Waals surface area contributed by atoms with E-state index in [1.165, 1.54) is 0 Å². The van der Waals surface area contributed by atoms with Gasteiger partial charge in [0.05, 0.1) is 23.0 Å². The van der Waals surface area contributed by atoms with Crippen LogP contribution < -0.4 is 22.1 Å². The van der Waals surface area contributed by atoms with E-state index in [4.69, 9.17) is 11.5 Å². The number of anilines is 3. The first-order valence-electron chi connectivity index (χ1n) is 9.59. The van der Waals surface area contributed by atoms with Gasteiger partial charge in [0.15, 0.2) is 11.6 Å². The van der Waals surface area contributed by atoms with Gasteiger partial charge in [0.25, 0.3) is 5.91 Å². The van der Waals surface area contributed by atoms with Crippen LogP contribution in [0.4, 0.5) is 21.7 Å². The number of carbonyl (C=O) groups excluding carboxylic acids is 1. The molecule has 3 aromatic rings. The Morgan fingerprint density at radius 1 is 1.31 bits per heavy atom. The van der Waals surface area contributed by atoms with E-state index in [9.17, 15) is 9.18 Å². The predicted molar refractivity (Wildman–Crippen MR) is 113 cm³/mol. The van der Waals surface area contributed by atoms with E-state index in [0.29, 0.717) is 5.69 Å². The fourth-order valence-electron chi connectivity index (χ4n) is 3.14. The highest BCUT2D eigenvalue weighted by Crippen LogP contribution is 2.29. The topological polar surface area (TPSA) is 124 Å². The summed E-state index contributed by atoms with van der Waals surface area (Å²) in [4.78, 5) is 16.2. The second kappa shape index (κ2) is 8.44. The van der Waals surface area contributed by atoms with Gasteiger partial charge in [0, 0.05) is 24.0 Å². The van der Waals surface area contributed by atoms with Crippen LogP contribution in [-0.2, 0) is 6.54 Å². The molecule has 3 rings (SSSR count). The Bertz CT molecular complexity index is 1030. The van der Waals surface area contributed by atoms with E-state index in [2.05, 4.69) is 20.7 Å². The fraction of sp³-hybridized carbons (Fsp3) is 0.350. The minimum Gasteiger partial charge on any atom is -0.365 e. The van der Waals surface area contributed by atoms with Crippen molar-refractivity contribution in [3.8, 4) is 0 Å². The number of primary amides is 1. The number of fused-ring (bicyclic) bond motifs is 1. The second-order valence-corrected chi connectivity index (χ2v) is 6.91. The number of rotatable bonds is 8. The van der Waals surface area contributed by atoms with Crippen molar-refractivity contribution >= 4 is 34.1 Å². The van der Waals surface area contributed by atoms with E-state index >= 15 is 0 Å². The Morgan fingerprint density at radius 2 is 2.07 bits per heavy atom. The summed E-state index contributed by atoms with van der Waals surface area (Å²) >= 11 is 0. The number of nitrogens with zero attached hydrogens (tertiary/aromatic N) is 3. The van der Waals surface area contributed by atoms with Gasteiger partial charge in [-0.2, -0.15) is 5.10 Å². The number of aryl methyl sites for hydroxylation is 1. The summed E-state index contributed by atoms with van der Waals surface area (Å²) in [7, 11) is 0. The Labute approximate surface area is 168 Å². The van der Waals surface area contributed by atoms with E-state index in [1.807, 2.05) is 43.7 Å². The molecule has 0 bridgehead atoms. The van der Waals surface area contributed by atoms with Crippen LogP contribution >= 0.6 is 0 Å². The molecule has 0 aliphatic rings. The van der Waals surface area contributed by atoms with Crippen molar-refractivity contribution in [2.75, 3.05) is 10.6 Å². The van der Waals surface area contributed by atoms with Crippen LogP contribution in [0.25, 0.3) is 10.9 Å². The zero-order valence-electron chi connectivity index (χ0n) is 16.7. The number of hydrogen-bond donors (Lipinski definition) is 4. The van der Waals surface area contributed by atoms with Crippen LogP contribution in [0.5, 0.6) is 0 Å². The van der Waals surface area contributed by atoms with Crippen LogP contribution in [-0.4, -0.2) is 32.8 Å². The van der Waals surface area contributed by atoms with Crippen molar-refractivity contribution in [2.24, 2.45) is 11.5 Å². The average Bonchev–Trinajstić information content (AvgIpc) is 3.13. The van der Waals surface area contributed by atoms with Crippen molar-refractivity contribution < 1.29 is 9.18 Å². The van der Waals surface area contributed by atoms with E-state index in [0.717, 1.165) is 29.9 Å². The van der Waals surface area contributed by atoms with Crippen LogP contribution in [0.15, 0.2) is 30.5 Å². The van der Waals surface area contributed by atoms with Crippen molar-refractivity contribution in [1.29, 1.82) is 0 Å². The molecule has 0 spiro atoms. The first-order chi connectivity index (χ1) is 13.8. The minimum absolute atomic E-state index is 0.00493. The summed E-state index contributed by atoms with van der Waals surface area (Å²) < 4.78 is 16.4. The SMILES string of the molecule is CC[C@H](N)[C@@H](C)Nc1nc(Nc2cccc3c2cnn3CC)c(C(N)=O)cc1F. The Balaban J connectivity index is 2.02. The lowest BCUT2D eigenvalue weighted by Gasteiger charge is -2.21. The third-order valence-corrected chi connectivity index (χ3v) is 4.96. The molecule has 6 N–H and O–H groups in total. The maximum Gasteiger partial charge on any atom is 0.252 e. The molecule has 1 aromatic carbocycles. The van der Waals surface area contributed by atoms with Crippen molar-refractivity contribution in [3.05, 3.63) is 41.8 Å². The molecular weight excluding hydrogens is 373 g/mol. The first kappa shape index (κ1) is 20.5. The monoisotopic (exact) mass is 399 g/mol. The molecule has 8 nitrogen and oxygen atoms in total. The van der Waals surface area contributed by atoms with Gasteiger partial charge in [0.1, 0.15) is 5.82 Å². The van der Waals surface area contributed by atoms with Crippen molar-refractivity contribution in [3.63, 3.8) is 0 Å². The number of benzene rings is 1. The lowest BCUT2D eigenvalue weighted by Crippen LogP contribution is -2.38. The largest absolute Gasteiger partial charge is 0.365 e. The normalized spacial score (nSPS) is 13.3. The summed E-state index contributed by atoms with van der Waals surface area (Å²) in [6.45, 7) is 6.52. The van der Waals surface area contributed by atoms with Crippen LogP contribution in [0.2, 0.25) is 0 Å². The third kappa shape index (κ3) is 4.14. The quantitative estimate of drug-likeness (QED) is 0.462. The van der Waals surface area contributed by atoms with Gasteiger partial charge in [-0.1, -0.05) is 13.0 Å². The molecule has 1 amide bonds. The van der Waals surface area contributed by atoms with Gasteiger partial charge in [-0.15, -0.1) is 0 Å². The maximum absolute atomic E-state index is 14.5. The molecule has 0 fully saturated rings. The highest BCUT2D eigenvalue weighted by atomic mass is 19.1. The number of aromatic nitrogens is 3. The fourth-order valence-corrected chi connectivity index (χ4v) is 3.14. The van der Waals surface area contributed by atoms with Crippen LogP contribution in [0.3, 0.4) is 0 Å². The van der Waals surface area contributed by atoms with Gasteiger partial charge in [0.2, 0.25) is 0 Å². The molecule has 0 saturated carbocycles. The number of nitrogens with two attached hydrogens (primary N) is 2. The zero-order chi connectivity index (χ0) is 21.1. The molecule has 2 atom stereocenters. The Hall–Kier alpha value is -3.20. The number of halogens is 1. The van der Waals surface area contributed by atoms with Gasteiger partial charge in [-0.25, -0.2) is 9.37 Å². The summed E-state index contributed by atoms with van der Waals surface area (Å²) in [5.74, 6) is -1.28. The van der Waals surface area contributed by atoms with Gasteiger partial charge < -0.3 is 22.1 Å². The number of amides is 1. The standard InChI is InChI=1S/C20H26FN7O/c1-4-15(22)11(3)25-20-14(21)9-12(18(23)29)19(27-20)26-16-7-6-8-17-13(16)10-24-28(17)5-2/h6-11,15H,4-5,22H2,1-3H3,(H2,23,29)(H2,25,26,27)/t11-,15+/m1/s1. The number of carbonyl (C=O) groups is 1. The lowest BCUT2D eigenvalue weighted by atomic mass is 10.1. The maximum atomic E-state index is 14.5. The summed E-state index contributed by atoms with van der Waals surface area (Å²) in [6, 6.07) is 6.36. The number of pyridine rings is 1. The number of hydrogen-bond acceptors (Lipinski definition) is 6. The predicted octanol–water partition coefficient (Wildman–Crippen LogP) is 2.97. The van der Waals surface area contributed by atoms with E-state index in [1.54, 1.807) is 6.20 Å². The molecule has 0 saturated heterocycles. The van der Waals surface area contributed by atoms with Gasteiger partial charge in [-0.3, -0.25) is 9.48 Å². The summed E-state index contributed by atoms with van der Waals surface area (Å²) in [6.07, 6.45) is 2.46. The number of nitrogens with one attached hydrogen (secondary N) is 2. The summed E-state index contributed by atoms with van der Waals surface area (Å²) in [5.41, 5.74) is 13.1. The van der Waals surface area contributed by atoms with E-state index < -0.39 is 11.7 Å². The van der Waals surface area contributed by atoms with Gasteiger partial charge in [-0.05, 0) is 38.5 Å². The Kier molecular flexibility index (Phi) is 5.97. The molecule has 0 radical (unpaired) electrons. The molecule has 9 heteroatoms. The van der Waals surface area contributed by atoms with Crippen molar-refractivity contribution in [1.82, 2.24) is 14.8 Å². The molecule has 0 aliphatic heterocycles. The Morgan fingerprint density at radius 3 is 2.72 bits per heavy atom. The van der Waals surface area contributed by atoms with Crippen LogP contribution in [0.1, 0.15) is 37.6 Å². The lowest BCUT2D eigenvalue weighted by molar-refractivity contribution is 0.100. The average molecular weight is 399 g/mol. The van der Waals surface area contributed by atoms with Crippen LogP contribution in [0, 0.1) is 5.82 Å². The first-order valence-corrected chi connectivity index (χ1v) is 9.59. The molecule has 29 heavy (non-hydrogen) atoms. The molecule has 2 heterocycles. The molecule has 0 aliphatic carbocycles. The van der Waals surface area contributed by atoms with E-state index in [-0.39, 0.29) is 29.3 Å². The molecule has 2 aromatic heterocycles. The molecule has 154 valence electrons. The highest BCUT2D eigenvalue weighted by Gasteiger charge is 2.19. The van der Waals surface area contributed by atoms with Crippen molar-refractivity contribution in [2.45, 2.75) is 45.8 Å². The second-order valence-electron chi connectivity index (χ2n) is 6.91. The highest BCUT2D eigenvalue weighted by molar-refractivity contribution is 6.00. The molecular formula is C20H26FN7O. The minimum atomic E-state index is -0.778. The van der Waals surface area contributed by atoms with Gasteiger partial charge >= 0.3 is 0 Å². The third-order valence-electron chi connectivity index (χ3n) is 4.96. The summed E-state index contributed by atoms with van der Waals surface area (Å²) in [5, 5.41) is 11.3. The smallest absolute Gasteiger partial charge is 0.252 e. The molecule has 0 unspecified atom stereocenters. The zero-order valence-corrected chi connectivity index (χ0v) is 16.7.